The molecule has 2 amide bonds. The van der Waals surface area contributed by atoms with Crippen LogP contribution in [0.4, 0.5) is 0 Å². The second-order valence-corrected chi connectivity index (χ2v) is 11.9. The maximum Gasteiger partial charge on any atom is 0.303 e. The van der Waals surface area contributed by atoms with Crippen LogP contribution in [0.25, 0.3) is 12.2 Å². The minimum atomic E-state index is -0.913. The average molecular weight is 621 g/mol. The summed E-state index contributed by atoms with van der Waals surface area (Å²) in [5, 5.41) is 24.8. The first kappa shape index (κ1) is 32.7. The van der Waals surface area contributed by atoms with E-state index in [1.54, 1.807) is 0 Å². The van der Waals surface area contributed by atoms with Crippen LogP contribution >= 0.6 is 12.6 Å². The SMILES string of the molecule is C=CC1=C(C)/C(=C/c2[nH]c(Cc3[nH]c(/C=C4\NC(=O)[C@@H](C)C4CCS)c(C)c3CCC(=O)O)c(CCC(=O)O)c2C)NC1=O. The number of aliphatic carboxylic acids is 2. The van der Waals surface area contributed by atoms with Gasteiger partial charge in [-0.1, -0.05) is 19.6 Å². The number of aromatic amines is 2. The van der Waals surface area contributed by atoms with Gasteiger partial charge in [0.25, 0.3) is 5.91 Å². The molecule has 2 aromatic heterocycles. The summed E-state index contributed by atoms with van der Waals surface area (Å²) in [4.78, 5) is 54.9. The molecule has 2 atom stereocenters. The highest BCUT2D eigenvalue weighted by Gasteiger charge is 2.35. The average Bonchev–Trinajstić information content (AvgIpc) is 3.60. The first-order valence-corrected chi connectivity index (χ1v) is 15.3. The third-order valence-electron chi connectivity index (χ3n) is 8.76. The number of H-pyrrole nitrogens is 2. The quantitative estimate of drug-likeness (QED) is 0.162. The van der Waals surface area contributed by atoms with E-state index in [9.17, 15) is 29.4 Å². The summed E-state index contributed by atoms with van der Waals surface area (Å²) in [6, 6.07) is 0. The molecule has 234 valence electrons. The first-order valence-electron chi connectivity index (χ1n) is 14.7. The van der Waals surface area contributed by atoms with Gasteiger partial charge in [0, 0.05) is 70.8 Å². The molecule has 6 N–H and O–H groups in total. The van der Waals surface area contributed by atoms with Crippen LogP contribution in [0.1, 0.15) is 78.1 Å². The number of hydrogen-bond donors (Lipinski definition) is 7. The van der Waals surface area contributed by atoms with Crippen molar-refractivity contribution in [1.82, 2.24) is 20.6 Å². The van der Waals surface area contributed by atoms with Crippen LogP contribution in [0, 0.1) is 25.7 Å². The highest BCUT2D eigenvalue weighted by Crippen LogP contribution is 2.34. The molecule has 1 fully saturated rings. The molecule has 4 heterocycles. The number of allylic oxidation sites excluding steroid dienone is 2. The van der Waals surface area contributed by atoms with Crippen LogP contribution in [0.15, 0.2) is 35.2 Å². The van der Waals surface area contributed by atoms with Crippen molar-refractivity contribution in [2.45, 2.75) is 66.2 Å². The monoisotopic (exact) mass is 620 g/mol. The van der Waals surface area contributed by atoms with Crippen LogP contribution in [0.3, 0.4) is 0 Å². The standard InChI is InChI=1S/C33H40N4O6S/c1-6-20-16(2)26(36-33(20)43)13-24-17(3)21(7-9-30(38)39)27(34-24)15-28-22(8-10-31(40)41)18(4)25(35-28)14-29-23(11-12-44)19(5)32(42)37-29/h6,13-14,19,23,34-35,44H,1,7-12,15H2,2-5H3,(H,36,43)(H,37,42)(H,38,39)(H,40,41)/b26-13-,29-14-/t19-,23?/m0/s1. The molecule has 2 aromatic rings. The Bertz CT molecular complexity index is 1620. The molecule has 44 heavy (non-hydrogen) atoms. The van der Waals surface area contributed by atoms with Gasteiger partial charge < -0.3 is 30.8 Å². The van der Waals surface area contributed by atoms with E-state index in [4.69, 9.17) is 0 Å². The van der Waals surface area contributed by atoms with Crippen molar-refractivity contribution >= 4 is 48.5 Å². The van der Waals surface area contributed by atoms with Gasteiger partial charge in [0.2, 0.25) is 5.91 Å². The van der Waals surface area contributed by atoms with Gasteiger partial charge in [0.05, 0.1) is 0 Å². The van der Waals surface area contributed by atoms with Crippen molar-refractivity contribution in [3.8, 4) is 0 Å². The number of carboxylic acid groups (broad SMARTS) is 2. The minimum Gasteiger partial charge on any atom is -0.481 e. The van der Waals surface area contributed by atoms with E-state index in [0.717, 1.165) is 62.7 Å². The molecule has 0 radical (unpaired) electrons. The number of carbonyl (C=O) groups is 4. The molecule has 4 rings (SSSR count). The van der Waals surface area contributed by atoms with Crippen molar-refractivity contribution < 1.29 is 29.4 Å². The van der Waals surface area contributed by atoms with Crippen molar-refractivity contribution in [3.63, 3.8) is 0 Å². The zero-order chi connectivity index (χ0) is 32.3. The van der Waals surface area contributed by atoms with Gasteiger partial charge in [0.15, 0.2) is 0 Å². The van der Waals surface area contributed by atoms with E-state index in [0.29, 0.717) is 36.3 Å². The second kappa shape index (κ2) is 13.6. The predicted octanol–water partition coefficient (Wildman–Crippen LogP) is 4.60. The van der Waals surface area contributed by atoms with E-state index in [2.05, 4.69) is 39.8 Å². The number of aromatic nitrogens is 2. The smallest absolute Gasteiger partial charge is 0.303 e. The third kappa shape index (κ3) is 6.77. The molecule has 1 unspecified atom stereocenters. The van der Waals surface area contributed by atoms with Gasteiger partial charge in [0.1, 0.15) is 0 Å². The predicted molar refractivity (Wildman–Crippen MR) is 172 cm³/mol. The third-order valence-corrected chi connectivity index (χ3v) is 9.02. The number of carboxylic acids is 2. The molecular formula is C33H40N4O6S. The normalized spacial score (nSPS) is 20.1. The summed E-state index contributed by atoms with van der Waals surface area (Å²) in [5.74, 6) is -1.61. The van der Waals surface area contributed by atoms with Crippen LogP contribution < -0.4 is 10.6 Å². The summed E-state index contributed by atoms with van der Waals surface area (Å²) in [6.07, 6.45) is 6.91. The van der Waals surface area contributed by atoms with Gasteiger partial charge >= 0.3 is 11.9 Å². The van der Waals surface area contributed by atoms with Crippen molar-refractivity contribution in [2.75, 3.05) is 5.75 Å². The topological polar surface area (TPSA) is 164 Å². The van der Waals surface area contributed by atoms with Gasteiger partial charge in [-0.3, -0.25) is 19.2 Å². The zero-order valence-electron chi connectivity index (χ0n) is 25.5. The summed E-state index contributed by atoms with van der Waals surface area (Å²) >= 11 is 4.38. The van der Waals surface area contributed by atoms with Gasteiger partial charge in [-0.05, 0) is 85.8 Å². The molecular weight excluding hydrogens is 580 g/mol. The largest absolute Gasteiger partial charge is 0.481 e. The lowest BCUT2D eigenvalue weighted by Crippen LogP contribution is -2.16. The summed E-state index contributed by atoms with van der Waals surface area (Å²) in [5.41, 5.74) is 9.38. The fourth-order valence-electron chi connectivity index (χ4n) is 6.13. The fraction of sp³-hybridized carbons (Fsp3) is 0.394. The van der Waals surface area contributed by atoms with Crippen molar-refractivity contribution in [3.05, 3.63) is 80.2 Å². The molecule has 11 heteroatoms. The molecule has 0 spiro atoms. The minimum absolute atomic E-state index is 0.00748. The van der Waals surface area contributed by atoms with E-state index in [1.807, 2.05) is 39.8 Å². The van der Waals surface area contributed by atoms with E-state index >= 15 is 0 Å². The van der Waals surface area contributed by atoms with E-state index in [-0.39, 0.29) is 36.5 Å². The zero-order valence-corrected chi connectivity index (χ0v) is 26.4. The molecule has 1 saturated heterocycles. The number of hydrogen-bond acceptors (Lipinski definition) is 5. The highest BCUT2D eigenvalue weighted by atomic mass is 32.1. The lowest BCUT2D eigenvalue weighted by molar-refractivity contribution is -0.138. The lowest BCUT2D eigenvalue weighted by Gasteiger charge is -2.12. The number of thiol groups is 1. The summed E-state index contributed by atoms with van der Waals surface area (Å²) < 4.78 is 0. The van der Waals surface area contributed by atoms with E-state index in [1.165, 1.54) is 6.08 Å². The first-order chi connectivity index (χ1) is 20.9. The molecule has 0 aromatic carbocycles. The maximum absolute atomic E-state index is 12.5. The number of carbonyl (C=O) groups excluding carboxylic acids is 2. The van der Waals surface area contributed by atoms with Crippen LogP contribution in [0.2, 0.25) is 0 Å². The number of amides is 2. The Morgan fingerprint density at radius 2 is 1.45 bits per heavy atom. The number of nitrogens with one attached hydrogen (secondary N) is 4. The highest BCUT2D eigenvalue weighted by molar-refractivity contribution is 7.80. The summed E-state index contributed by atoms with van der Waals surface area (Å²) in [7, 11) is 0. The Labute approximate surface area is 262 Å². The molecule has 10 nitrogen and oxygen atoms in total. The van der Waals surface area contributed by atoms with Crippen LogP contribution in [0.5, 0.6) is 0 Å². The number of rotatable bonds is 13. The Morgan fingerprint density at radius 3 is 1.93 bits per heavy atom. The van der Waals surface area contributed by atoms with Gasteiger partial charge in [-0.25, -0.2) is 0 Å². The van der Waals surface area contributed by atoms with Gasteiger partial charge in [-0.15, -0.1) is 0 Å². The molecule has 2 aliphatic rings. The Morgan fingerprint density at radius 1 is 0.909 bits per heavy atom. The van der Waals surface area contributed by atoms with Crippen molar-refractivity contribution in [1.29, 1.82) is 0 Å². The maximum atomic E-state index is 12.5. The van der Waals surface area contributed by atoms with E-state index < -0.39 is 11.9 Å². The van der Waals surface area contributed by atoms with Gasteiger partial charge in [-0.2, -0.15) is 12.6 Å². The second-order valence-electron chi connectivity index (χ2n) is 11.5. The Hall–Kier alpha value is -4.25. The Balaban J connectivity index is 1.79. The lowest BCUT2D eigenvalue weighted by atomic mass is 9.91. The van der Waals surface area contributed by atoms with Crippen LogP contribution in [-0.4, -0.2) is 49.7 Å². The van der Waals surface area contributed by atoms with Crippen LogP contribution in [-0.2, 0) is 38.4 Å². The Kier molecular flexibility index (Phi) is 10.1. The molecule has 0 saturated carbocycles. The summed E-state index contributed by atoms with van der Waals surface area (Å²) in [6.45, 7) is 11.3. The molecule has 2 aliphatic heterocycles. The fourth-order valence-corrected chi connectivity index (χ4v) is 6.40. The van der Waals surface area contributed by atoms with Crippen molar-refractivity contribution in [2.24, 2.45) is 11.8 Å². The molecule has 0 aliphatic carbocycles. The molecule has 0 bridgehead atoms.